The molecule has 2 heteroatoms. The zero-order valence-corrected chi connectivity index (χ0v) is 11.5. The Hall–Kier alpha value is -1.02. The van der Waals surface area contributed by atoms with E-state index in [9.17, 15) is 0 Å². The summed E-state index contributed by atoms with van der Waals surface area (Å²) in [4.78, 5) is 0. The summed E-state index contributed by atoms with van der Waals surface area (Å²) in [7, 11) is 0. The fourth-order valence-corrected chi connectivity index (χ4v) is 1.64. The normalized spacial score (nSPS) is 13.4. The van der Waals surface area contributed by atoms with Crippen molar-refractivity contribution in [3.05, 3.63) is 30.3 Å². The fourth-order valence-electron chi connectivity index (χ4n) is 1.64. The molecular formula is C15H25NO. The number of hydrogen-bond acceptors (Lipinski definition) is 2. The molecule has 0 aromatic heterocycles. The highest BCUT2D eigenvalue weighted by Crippen LogP contribution is 2.13. The number of para-hydroxylation sites is 1. The minimum absolute atomic E-state index is 0.212. The number of nitrogens with one attached hydrogen (secondary N) is 1. The Kier molecular flexibility index (Phi) is 5.49. The van der Waals surface area contributed by atoms with Crippen LogP contribution in [0.1, 0.15) is 40.5 Å². The van der Waals surface area contributed by atoms with Gasteiger partial charge in [-0.25, -0.2) is 0 Å². The maximum atomic E-state index is 5.82. The third kappa shape index (κ3) is 7.01. The van der Waals surface area contributed by atoms with E-state index in [-0.39, 0.29) is 11.6 Å². The molecule has 96 valence electrons. The van der Waals surface area contributed by atoms with Gasteiger partial charge < -0.3 is 10.1 Å². The Morgan fingerprint density at radius 1 is 1.18 bits per heavy atom. The van der Waals surface area contributed by atoms with Gasteiger partial charge in [-0.05, 0) is 59.2 Å². The molecule has 0 fully saturated rings. The monoisotopic (exact) mass is 235 g/mol. The molecule has 1 atom stereocenters. The summed E-state index contributed by atoms with van der Waals surface area (Å²) in [6, 6.07) is 10.0. The van der Waals surface area contributed by atoms with Crippen LogP contribution in [0.15, 0.2) is 30.3 Å². The second kappa shape index (κ2) is 6.65. The van der Waals surface area contributed by atoms with Gasteiger partial charge in [0.15, 0.2) is 0 Å². The maximum Gasteiger partial charge on any atom is 0.119 e. The van der Waals surface area contributed by atoms with E-state index in [1.54, 1.807) is 0 Å². The van der Waals surface area contributed by atoms with Crippen LogP contribution in [0.25, 0.3) is 0 Å². The first-order valence-electron chi connectivity index (χ1n) is 6.44. The van der Waals surface area contributed by atoms with Crippen LogP contribution >= 0.6 is 0 Å². The zero-order valence-electron chi connectivity index (χ0n) is 11.5. The van der Waals surface area contributed by atoms with Crippen molar-refractivity contribution >= 4 is 0 Å². The van der Waals surface area contributed by atoms with Crippen LogP contribution in [0, 0.1) is 0 Å². The van der Waals surface area contributed by atoms with Crippen LogP contribution in [0.4, 0.5) is 0 Å². The number of rotatable bonds is 6. The van der Waals surface area contributed by atoms with Gasteiger partial charge in [-0.1, -0.05) is 18.2 Å². The lowest BCUT2D eigenvalue weighted by atomic mass is 10.1. The molecule has 0 aliphatic heterocycles. The van der Waals surface area contributed by atoms with Crippen LogP contribution in [-0.4, -0.2) is 18.2 Å². The second-order valence-corrected chi connectivity index (χ2v) is 5.56. The number of benzene rings is 1. The second-order valence-electron chi connectivity index (χ2n) is 5.56. The van der Waals surface area contributed by atoms with Gasteiger partial charge in [0, 0.05) is 5.54 Å². The standard InChI is InChI=1S/C15H25NO/c1-13(9-8-12-16-15(2,3)4)17-14-10-6-5-7-11-14/h5-7,10-11,13,16H,8-9,12H2,1-4H3. The van der Waals surface area contributed by atoms with Crippen molar-refractivity contribution in [2.45, 2.75) is 52.2 Å². The van der Waals surface area contributed by atoms with E-state index in [2.05, 4.69) is 33.0 Å². The molecule has 1 aromatic carbocycles. The van der Waals surface area contributed by atoms with Crippen molar-refractivity contribution in [2.75, 3.05) is 6.54 Å². The van der Waals surface area contributed by atoms with Gasteiger partial charge >= 0.3 is 0 Å². The third-order valence-electron chi connectivity index (χ3n) is 2.52. The summed E-state index contributed by atoms with van der Waals surface area (Å²) in [5.74, 6) is 0.962. The summed E-state index contributed by atoms with van der Waals surface area (Å²) in [5.41, 5.74) is 0.212. The summed E-state index contributed by atoms with van der Waals surface area (Å²) in [6.07, 6.45) is 2.50. The van der Waals surface area contributed by atoms with E-state index < -0.39 is 0 Å². The molecule has 1 rings (SSSR count). The van der Waals surface area contributed by atoms with Crippen molar-refractivity contribution < 1.29 is 4.74 Å². The minimum atomic E-state index is 0.212. The van der Waals surface area contributed by atoms with Crippen LogP contribution < -0.4 is 10.1 Å². The summed E-state index contributed by atoms with van der Waals surface area (Å²) in [6.45, 7) is 9.75. The van der Waals surface area contributed by atoms with E-state index in [1.165, 1.54) is 0 Å². The van der Waals surface area contributed by atoms with Gasteiger partial charge in [0.2, 0.25) is 0 Å². The first kappa shape index (κ1) is 14.0. The van der Waals surface area contributed by atoms with Gasteiger partial charge in [0.25, 0.3) is 0 Å². The van der Waals surface area contributed by atoms with E-state index >= 15 is 0 Å². The minimum Gasteiger partial charge on any atom is -0.491 e. The fraction of sp³-hybridized carbons (Fsp3) is 0.600. The van der Waals surface area contributed by atoms with Crippen LogP contribution in [0.3, 0.4) is 0 Å². The van der Waals surface area contributed by atoms with Gasteiger partial charge in [0.1, 0.15) is 5.75 Å². The Balaban J connectivity index is 2.16. The molecular weight excluding hydrogens is 210 g/mol. The lowest BCUT2D eigenvalue weighted by molar-refractivity contribution is 0.206. The van der Waals surface area contributed by atoms with Crippen molar-refractivity contribution in [3.8, 4) is 5.75 Å². The Morgan fingerprint density at radius 3 is 2.41 bits per heavy atom. The van der Waals surface area contributed by atoms with Gasteiger partial charge in [-0.3, -0.25) is 0 Å². The first-order valence-corrected chi connectivity index (χ1v) is 6.44. The maximum absolute atomic E-state index is 5.82. The Bertz CT molecular complexity index is 302. The average Bonchev–Trinajstić information content (AvgIpc) is 2.25. The van der Waals surface area contributed by atoms with E-state index in [0.717, 1.165) is 25.1 Å². The van der Waals surface area contributed by atoms with Gasteiger partial charge in [-0.2, -0.15) is 0 Å². The topological polar surface area (TPSA) is 21.3 Å². The number of ether oxygens (including phenoxy) is 1. The third-order valence-corrected chi connectivity index (χ3v) is 2.52. The molecule has 0 heterocycles. The van der Waals surface area contributed by atoms with E-state index in [4.69, 9.17) is 4.74 Å². The molecule has 0 bridgehead atoms. The van der Waals surface area contributed by atoms with E-state index in [0.29, 0.717) is 0 Å². The summed E-state index contributed by atoms with van der Waals surface area (Å²) >= 11 is 0. The largest absolute Gasteiger partial charge is 0.491 e. The predicted molar refractivity (Wildman–Crippen MR) is 73.5 cm³/mol. The molecule has 17 heavy (non-hydrogen) atoms. The van der Waals surface area contributed by atoms with E-state index in [1.807, 2.05) is 30.3 Å². The molecule has 0 aliphatic carbocycles. The molecule has 2 nitrogen and oxygen atoms in total. The Morgan fingerprint density at radius 2 is 1.82 bits per heavy atom. The number of hydrogen-bond donors (Lipinski definition) is 1. The molecule has 0 amide bonds. The van der Waals surface area contributed by atoms with Gasteiger partial charge in [0.05, 0.1) is 6.10 Å². The Labute approximate surface area is 105 Å². The molecule has 1 unspecified atom stereocenters. The smallest absolute Gasteiger partial charge is 0.119 e. The quantitative estimate of drug-likeness (QED) is 0.760. The van der Waals surface area contributed by atoms with Crippen molar-refractivity contribution in [1.29, 1.82) is 0 Å². The van der Waals surface area contributed by atoms with Crippen LogP contribution in [-0.2, 0) is 0 Å². The van der Waals surface area contributed by atoms with Crippen LogP contribution in [0.2, 0.25) is 0 Å². The molecule has 1 aromatic rings. The van der Waals surface area contributed by atoms with Crippen molar-refractivity contribution in [1.82, 2.24) is 5.32 Å². The predicted octanol–water partition coefficient (Wildman–Crippen LogP) is 3.62. The highest BCUT2D eigenvalue weighted by atomic mass is 16.5. The lowest BCUT2D eigenvalue weighted by Crippen LogP contribution is -2.36. The summed E-state index contributed by atoms with van der Waals surface area (Å²) in [5, 5.41) is 3.49. The van der Waals surface area contributed by atoms with Crippen molar-refractivity contribution in [2.24, 2.45) is 0 Å². The molecule has 0 radical (unpaired) electrons. The highest BCUT2D eigenvalue weighted by molar-refractivity contribution is 5.21. The van der Waals surface area contributed by atoms with Crippen molar-refractivity contribution in [3.63, 3.8) is 0 Å². The van der Waals surface area contributed by atoms with Crippen LogP contribution in [0.5, 0.6) is 5.75 Å². The zero-order chi connectivity index (χ0) is 12.7. The SMILES string of the molecule is CC(CCCNC(C)(C)C)Oc1ccccc1. The molecule has 0 spiro atoms. The van der Waals surface area contributed by atoms with Gasteiger partial charge in [-0.15, -0.1) is 0 Å². The molecule has 0 aliphatic rings. The molecule has 0 saturated heterocycles. The highest BCUT2D eigenvalue weighted by Gasteiger charge is 2.08. The lowest BCUT2D eigenvalue weighted by Gasteiger charge is -2.21. The first-order chi connectivity index (χ1) is 7.97. The molecule has 1 N–H and O–H groups in total. The average molecular weight is 235 g/mol. The summed E-state index contributed by atoms with van der Waals surface area (Å²) < 4.78 is 5.82. The molecule has 0 saturated carbocycles.